The van der Waals surface area contributed by atoms with Crippen LogP contribution >= 0.6 is 0 Å². The first-order chi connectivity index (χ1) is 10.4. The third kappa shape index (κ3) is 3.10. The lowest BCUT2D eigenvalue weighted by atomic mass is 10.1. The van der Waals surface area contributed by atoms with E-state index in [0.717, 1.165) is 11.8 Å². The fraction of sp³-hybridized carbons (Fsp3) is 0.125. The van der Waals surface area contributed by atoms with Crippen LogP contribution in [0.1, 0.15) is 5.56 Å². The summed E-state index contributed by atoms with van der Waals surface area (Å²) in [7, 11) is 1.73. The normalized spacial score (nSPS) is 11.2. The summed E-state index contributed by atoms with van der Waals surface area (Å²) in [5.74, 6) is -9.73. The first-order valence-electron chi connectivity index (χ1n) is 6.37. The van der Waals surface area contributed by atoms with Gasteiger partial charge in [-0.15, -0.1) is 0 Å². The molecule has 0 spiro atoms. The molecule has 0 saturated heterocycles. The molecule has 0 radical (unpaired) electrons. The molecule has 2 aromatic carbocycles. The second-order valence-electron chi connectivity index (χ2n) is 4.60. The van der Waals surface area contributed by atoms with Crippen molar-refractivity contribution in [2.75, 3.05) is 18.5 Å². The predicted molar refractivity (Wildman–Crippen MR) is 75.0 cm³/mol. The van der Waals surface area contributed by atoms with Crippen LogP contribution in [0, 0.1) is 29.1 Å². The number of halogens is 5. The Bertz CT molecular complexity index is 668. The summed E-state index contributed by atoms with van der Waals surface area (Å²) < 4.78 is 65.9. The molecule has 0 aliphatic heterocycles. The van der Waals surface area contributed by atoms with E-state index in [9.17, 15) is 22.0 Å². The van der Waals surface area contributed by atoms with Crippen molar-refractivity contribution in [3.05, 3.63) is 71.1 Å². The lowest BCUT2D eigenvalue weighted by Crippen LogP contribution is -2.16. The summed E-state index contributed by atoms with van der Waals surface area (Å²) in [4.78, 5) is 1.75. The van der Waals surface area contributed by atoms with E-state index in [-0.39, 0.29) is 6.54 Å². The van der Waals surface area contributed by atoms with Crippen molar-refractivity contribution in [1.29, 1.82) is 0 Å². The minimum absolute atomic E-state index is 0.240. The van der Waals surface area contributed by atoms with Crippen molar-refractivity contribution in [2.45, 2.75) is 0 Å². The maximum Gasteiger partial charge on any atom is 0.200 e. The van der Waals surface area contributed by atoms with Gasteiger partial charge in [-0.05, 0) is 12.1 Å². The number of hydrogen-bond acceptors (Lipinski definition) is 1. The van der Waals surface area contributed by atoms with Crippen LogP contribution in [0.3, 0.4) is 0 Å². The zero-order valence-electron chi connectivity index (χ0n) is 11.6. The number of likely N-dealkylation sites (N-methyl/N-ethyl adjacent to an activating group) is 1. The van der Waals surface area contributed by atoms with Crippen LogP contribution in [-0.2, 0) is 0 Å². The lowest BCUT2D eigenvalue weighted by Gasteiger charge is -2.16. The number of nitrogens with zero attached hydrogens (tertiary/aromatic N) is 1. The third-order valence-corrected chi connectivity index (χ3v) is 3.10. The Kier molecular flexibility index (Phi) is 4.80. The van der Waals surface area contributed by atoms with Gasteiger partial charge in [0.1, 0.15) is 0 Å². The van der Waals surface area contributed by atoms with Crippen LogP contribution in [0.15, 0.2) is 36.4 Å². The van der Waals surface area contributed by atoms with Crippen molar-refractivity contribution >= 4 is 11.8 Å². The molecule has 0 aromatic heterocycles. The minimum atomic E-state index is -2.16. The Morgan fingerprint density at radius 3 is 1.86 bits per heavy atom. The molecular formula is C16H12F5N. The molecular weight excluding hydrogens is 301 g/mol. The number of anilines is 1. The summed E-state index contributed by atoms with van der Waals surface area (Å²) in [6.45, 7) is 0.240. The average molecular weight is 313 g/mol. The average Bonchev–Trinajstić information content (AvgIpc) is 2.55. The van der Waals surface area contributed by atoms with E-state index in [1.165, 1.54) is 6.08 Å². The van der Waals surface area contributed by atoms with Crippen LogP contribution in [0.5, 0.6) is 0 Å². The second-order valence-corrected chi connectivity index (χ2v) is 4.60. The van der Waals surface area contributed by atoms with E-state index in [0.29, 0.717) is 0 Å². The first-order valence-corrected chi connectivity index (χ1v) is 6.37. The molecule has 0 saturated carbocycles. The number of benzene rings is 2. The van der Waals surface area contributed by atoms with Crippen molar-refractivity contribution in [1.82, 2.24) is 0 Å². The molecule has 0 aliphatic rings. The Balaban J connectivity index is 2.21. The van der Waals surface area contributed by atoms with Gasteiger partial charge in [0, 0.05) is 19.3 Å². The van der Waals surface area contributed by atoms with Gasteiger partial charge >= 0.3 is 0 Å². The van der Waals surface area contributed by atoms with E-state index in [1.54, 1.807) is 11.9 Å². The zero-order valence-corrected chi connectivity index (χ0v) is 11.6. The quantitative estimate of drug-likeness (QED) is 0.455. The second kappa shape index (κ2) is 6.60. The molecule has 0 atom stereocenters. The topological polar surface area (TPSA) is 3.24 Å². The number of rotatable bonds is 4. The molecule has 0 fully saturated rings. The molecule has 2 rings (SSSR count). The van der Waals surface area contributed by atoms with Gasteiger partial charge in [-0.3, -0.25) is 0 Å². The van der Waals surface area contributed by atoms with E-state index in [1.807, 2.05) is 30.3 Å². The van der Waals surface area contributed by atoms with E-state index >= 15 is 0 Å². The molecule has 0 bridgehead atoms. The molecule has 116 valence electrons. The number of para-hydroxylation sites is 1. The highest BCUT2D eigenvalue weighted by molar-refractivity contribution is 5.53. The van der Waals surface area contributed by atoms with Crippen LogP contribution in [0.25, 0.3) is 6.08 Å². The van der Waals surface area contributed by atoms with Gasteiger partial charge in [-0.1, -0.05) is 30.4 Å². The third-order valence-electron chi connectivity index (χ3n) is 3.10. The summed E-state index contributed by atoms with van der Waals surface area (Å²) >= 11 is 0. The van der Waals surface area contributed by atoms with E-state index in [2.05, 4.69) is 0 Å². The Hall–Kier alpha value is -2.37. The zero-order chi connectivity index (χ0) is 16.3. The SMILES string of the molecule is CN(C/C=C/c1c(F)c(F)c(F)c(F)c1F)c1ccccc1. The summed E-state index contributed by atoms with van der Waals surface area (Å²) in [5, 5.41) is 0. The largest absolute Gasteiger partial charge is 0.371 e. The predicted octanol–water partition coefficient (Wildman–Crippen LogP) is 4.53. The first kappa shape index (κ1) is 16.0. The molecule has 0 heterocycles. The molecule has 1 nitrogen and oxygen atoms in total. The molecule has 0 aliphatic carbocycles. The van der Waals surface area contributed by atoms with Crippen molar-refractivity contribution < 1.29 is 22.0 Å². The Morgan fingerprint density at radius 1 is 0.818 bits per heavy atom. The van der Waals surface area contributed by atoms with Crippen molar-refractivity contribution in [3.63, 3.8) is 0 Å². The van der Waals surface area contributed by atoms with Crippen LogP contribution in [-0.4, -0.2) is 13.6 Å². The van der Waals surface area contributed by atoms with Gasteiger partial charge in [0.05, 0.1) is 5.56 Å². The van der Waals surface area contributed by atoms with Gasteiger partial charge in [0.2, 0.25) is 5.82 Å². The van der Waals surface area contributed by atoms with Crippen LogP contribution in [0.4, 0.5) is 27.6 Å². The Morgan fingerprint density at radius 2 is 1.32 bits per heavy atom. The van der Waals surface area contributed by atoms with E-state index < -0.39 is 34.6 Å². The van der Waals surface area contributed by atoms with Gasteiger partial charge < -0.3 is 4.90 Å². The van der Waals surface area contributed by atoms with Crippen LogP contribution < -0.4 is 4.90 Å². The highest BCUT2D eigenvalue weighted by Crippen LogP contribution is 2.24. The maximum absolute atomic E-state index is 13.5. The Labute approximate surface area is 124 Å². The molecule has 0 unspecified atom stereocenters. The smallest absolute Gasteiger partial charge is 0.200 e. The monoisotopic (exact) mass is 313 g/mol. The summed E-state index contributed by atoms with van der Waals surface area (Å²) in [6.07, 6.45) is 2.21. The highest BCUT2D eigenvalue weighted by atomic mass is 19.2. The highest BCUT2D eigenvalue weighted by Gasteiger charge is 2.24. The fourth-order valence-electron chi connectivity index (χ4n) is 1.88. The molecule has 6 heteroatoms. The summed E-state index contributed by atoms with van der Waals surface area (Å²) in [6, 6.07) is 9.12. The maximum atomic E-state index is 13.5. The van der Waals surface area contributed by atoms with Gasteiger partial charge in [-0.25, -0.2) is 22.0 Å². The number of hydrogen-bond donors (Lipinski definition) is 0. The van der Waals surface area contributed by atoms with Crippen molar-refractivity contribution in [2.24, 2.45) is 0 Å². The van der Waals surface area contributed by atoms with Gasteiger partial charge in [0.15, 0.2) is 23.3 Å². The molecule has 0 N–H and O–H groups in total. The van der Waals surface area contributed by atoms with Crippen molar-refractivity contribution in [3.8, 4) is 0 Å². The standard InChI is InChI=1S/C16H12F5N/c1-22(10-6-3-2-4-7-10)9-5-8-11-12(17)14(19)16(21)15(20)13(11)18/h2-8H,9H2,1H3/b8-5+. The van der Waals surface area contributed by atoms with E-state index in [4.69, 9.17) is 0 Å². The molecule has 2 aromatic rings. The molecule has 0 amide bonds. The fourth-order valence-corrected chi connectivity index (χ4v) is 1.88. The summed E-state index contributed by atoms with van der Waals surface area (Å²) in [5.41, 5.74) is -0.0950. The minimum Gasteiger partial charge on any atom is -0.371 e. The van der Waals surface area contributed by atoms with Gasteiger partial charge in [0.25, 0.3) is 0 Å². The lowest BCUT2D eigenvalue weighted by molar-refractivity contribution is 0.377. The van der Waals surface area contributed by atoms with Gasteiger partial charge in [-0.2, -0.15) is 0 Å². The van der Waals surface area contributed by atoms with Crippen LogP contribution in [0.2, 0.25) is 0 Å². The molecule has 22 heavy (non-hydrogen) atoms.